The molecule has 0 atom stereocenters. The van der Waals surface area contributed by atoms with E-state index < -0.39 is 0 Å². The van der Waals surface area contributed by atoms with Gasteiger partial charge in [0, 0.05) is 31.9 Å². The third-order valence-corrected chi connectivity index (χ3v) is 5.82. The van der Waals surface area contributed by atoms with Crippen molar-refractivity contribution in [1.29, 1.82) is 0 Å². The number of aromatic nitrogens is 3. The Kier molecular flexibility index (Phi) is 8.90. The fraction of sp³-hybridized carbons (Fsp3) is 0.375. The van der Waals surface area contributed by atoms with Gasteiger partial charge in [0.1, 0.15) is 5.82 Å². The van der Waals surface area contributed by atoms with E-state index in [2.05, 4.69) is 68.2 Å². The Morgan fingerprint density at radius 1 is 1.00 bits per heavy atom. The number of hydrogen-bond acceptors (Lipinski definition) is 4. The number of nitrogens with one attached hydrogen (secondary N) is 2. The minimum atomic E-state index is 0. The van der Waals surface area contributed by atoms with E-state index in [0.717, 1.165) is 43.5 Å². The smallest absolute Gasteiger partial charge is 0.192 e. The molecule has 0 saturated carbocycles. The van der Waals surface area contributed by atoms with Crippen molar-refractivity contribution in [3.63, 3.8) is 0 Å². The summed E-state index contributed by atoms with van der Waals surface area (Å²) in [6.07, 6.45) is 2.15. The first-order valence-electron chi connectivity index (χ1n) is 10.9. The summed E-state index contributed by atoms with van der Waals surface area (Å²) in [5, 5.41) is 15.5. The summed E-state index contributed by atoms with van der Waals surface area (Å²) >= 11 is 0. The first kappa shape index (κ1) is 24.0. The third kappa shape index (κ3) is 6.44. The zero-order chi connectivity index (χ0) is 21.5. The molecule has 2 heterocycles. The summed E-state index contributed by atoms with van der Waals surface area (Å²) in [7, 11) is 1.99. The van der Waals surface area contributed by atoms with E-state index in [1.807, 2.05) is 36.7 Å². The van der Waals surface area contributed by atoms with Gasteiger partial charge in [-0.25, -0.2) is 4.99 Å². The van der Waals surface area contributed by atoms with Crippen molar-refractivity contribution in [3.05, 3.63) is 77.9 Å². The molecule has 1 aliphatic rings. The van der Waals surface area contributed by atoms with E-state index in [1.54, 1.807) is 0 Å². The minimum Gasteiger partial charge on any atom is -0.371 e. The van der Waals surface area contributed by atoms with Gasteiger partial charge in [0.25, 0.3) is 0 Å². The topological polar surface area (TPSA) is 70.4 Å². The van der Waals surface area contributed by atoms with Crippen LogP contribution in [0.25, 0.3) is 0 Å². The van der Waals surface area contributed by atoms with Gasteiger partial charge in [0.2, 0.25) is 0 Å². The Bertz CT molecular complexity index is 980. The van der Waals surface area contributed by atoms with Gasteiger partial charge in [-0.2, -0.15) is 0 Å². The van der Waals surface area contributed by atoms with Gasteiger partial charge in [-0.15, -0.1) is 34.2 Å². The third-order valence-electron chi connectivity index (χ3n) is 5.82. The first-order valence-corrected chi connectivity index (χ1v) is 10.9. The molecule has 2 aromatic carbocycles. The highest BCUT2D eigenvalue weighted by atomic mass is 127. The van der Waals surface area contributed by atoms with Gasteiger partial charge >= 0.3 is 0 Å². The van der Waals surface area contributed by atoms with E-state index in [9.17, 15) is 0 Å². The first-order chi connectivity index (χ1) is 15.2. The minimum absolute atomic E-state index is 0. The number of benzene rings is 2. The molecule has 32 heavy (non-hydrogen) atoms. The molecule has 1 aliphatic heterocycles. The van der Waals surface area contributed by atoms with Crippen molar-refractivity contribution in [2.75, 3.05) is 18.0 Å². The molecule has 0 unspecified atom stereocenters. The Morgan fingerprint density at radius 2 is 1.66 bits per heavy atom. The number of anilines is 1. The highest BCUT2D eigenvalue weighted by Gasteiger charge is 2.20. The molecule has 0 radical (unpaired) electrons. The highest BCUT2D eigenvalue weighted by Crippen LogP contribution is 2.19. The summed E-state index contributed by atoms with van der Waals surface area (Å²) < 4.78 is 2.00. The summed E-state index contributed by atoms with van der Waals surface area (Å²) in [5.74, 6) is 2.62. The monoisotopic (exact) mass is 545 g/mol. The molecule has 7 nitrogen and oxygen atoms in total. The van der Waals surface area contributed by atoms with Crippen molar-refractivity contribution in [2.24, 2.45) is 12.0 Å². The summed E-state index contributed by atoms with van der Waals surface area (Å²) in [6.45, 7) is 5.25. The molecule has 1 saturated heterocycles. The van der Waals surface area contributed by atoms with Gasteiger partial charge in [-0.1, -0.05) is 48.5 Å². The van der Waals surface area contributed by atoms with Crippen LogP contribution >= 0.6 is 24.0 Å². The largest absolute Gasteiger partial charge is 0.371 e. The molecule has 0 aliphatic carbocycles. The number of piperidine rings is 1. The van der Waals surface area contributed by atoms with Crippen LogP contribution in [0.3, 0.4) is 0 Å². The molecule has 2 N–H and O–H groups in total. The van der Waals surface area contributed by atoms with Crippen LogP contribution in [0.5, 0.6) is 0 Å². The molecule has 1 aromatic heterocycles. The average Bonchev–Trinajstić information content (AvgIpc) is 3.15. The Balaban J connectivity index is 0.00000289. The van der Waals surface area contributed by atoms with Gasteiger partial charge in [0.15, 0.2) is 11.8 Å². The quantitative estimate of drug-likeness (QED) is 0.281. The highest BCUT2D eigenvalue weighted by molar-refractivity contribution is 14.0. The molecule has 0 bridgehead atoms. The number of hydrogen-bond donors (Lipinski definition) is 2. The molecule has 8 heteroatoms. The number of halogens is 1. The summed E-state index contributed by atoms with van der Waals surface area (Å²) in [4.78, 5) is 7.29. The van der Waals surface area contributed by atoms with Crippen molar-refractivity contribution in [2.45, 2.75) is 38.9 Å². The van der Waals surface area contributed by atoms with E-state index >= 15 is 0 Å². The lowest BCUT2D eigenvalue weighted by Gasteiger charge is -2.34. The van der Waals surface area contributed by atoms with E-state index in [1.165, 1.54) is 11.3 Å². The van der Waals surface area contributed by atoms with Crippen LogP contribution in [0.2, 0.25) is 0 Å². The Morgan fingerprint density at radius 3 is 2.28 bits per heavy atom. The molecule has 0 spiro atoms. The zero-order valence-corrected chi connectivity index (χ0v) is 21.1. The molecule has 170 valence electrons. The fourth-order valence-corrected chi connectivity index (χ4v) is 3.79. The predicted molar refractivity (Wildman–Crippen MR) is 140 cm³/mol. The van der Waals surface area contributed by atoms with Crippen LogP contribution in [-0.2, 0) is 20.1 Å². The maximum absolute atomic E-state index is 4.84. The van der Waals surface area contributed by atoms with Crippen LogP contribution < -0.4 is 15.5 Å². The lowest BCUT2D eigenvalue weighted by molar-refractivity contribution is 0.460. The van der Waals surface area contributed by atoms with Crippen molar-refractivity contribution in [1.82, 2.24) is 25.4 Å². The van der Waals surface area contributed by atoms with Gasteiger partial charge in [-0.05, 0) is 37.5 Å². The van der Waals surface area contributed by atoms with Crippen LogP contribution in [0.15, 0.2) is 65.7 Å². The Labute approximate surface area is 207 Å². The average molecular weight is 545 g/mol. The Hall–Kier alpha value is -2.62. The second-order valence-corrected chi connectivity index (χ2v) is 7.97. The molecule has 3 aromatic rings. The van der Waals surface area contributed by atoms with E-state index in [-0.39, 0.29) is 24.0 Å². The molecular formula is C24H32IN7. The van der Waals surface area contributed by atoms with Gasteiger partial charge in [0.05, 0.1) is 13.1 Å². The van der Waals surface area contributed by atoms with Crippen LogP contribution in [0.1, 0.15) is 30.1 Å². The number of aryl methyl sites for hydroxylation is 1. The maximum Gasteiger partial charge on any atom is 0.192 e. The fourth-order valence-electron chi connectivity index (χ4n) is 3.79. The van der Waals surface area contributed by atoms with E-state index in [4.69, 9.17) is 4.99 Å². The second-order valence-electron chi connectivity index (χ2n) is 7.97. The normalized spacial score (nSPS) is 14.7. The molecule has 4 rings (SSSR count). The number of nitrogens with zero attached hydrogens (tertiary/aromatic N) is 5. The molecule has 0 amide bonds. The van der Waals surface area contributed by atoms with Gasteiger partial charge in [-0.3, -0.25) is 0 Å². The SMILES string of the molecule is Cc1nnc(CNC(=NCc2ccccc2)NC2CCN(c3ccccc3)CC2)n1C.I. The molecule has 1 fully saturated rings. The zero-order valence-electron chi connectivity index (χ0n) is 18.7. The number of aliphatic imine (C=N–C) groups is 1. The number of para-hydroxylation sites is 1. The second kappa shape index (κ2) is 11.8. The summed E-state index contributed by atoms with van der Waals surface area (Å²) in [6, 6.07) is 21.4. The van der Waals surface area contributed by atoms with Crippen LogP contribution in [0.4, 0.5) is 5.69 Å². The van der Waals surface area contributed by atoms with Crippen LogP contribution in [-0.4, -0.2) is 39.9 Å². The lowest BCUT2D eigenvalue weighted by Crippen LogP contribution is -2.48. The number of rotatable bonds is 6. The van der Waals surface area contributed by atoms with Crippen molar-refractivity contribution < 1.29 is 0 Å². The van der Waals surface area contributed by atoms with E-state index in [0.29, 0.717) is 19.1 Å². The molecular weight excluding hydrogens is 513 g/mol. The summed E-state index contributed by atoms with van der Waals surface area (Å²) in [5.41, 5.74) is 2.49. The maximum atomic E-state index is 4.84. The lowest BCUT2D eigenvalue weighted by atomic mass is 10.0. The number of guanidine groups is 1. The predicted octanol–water partition coefficient (Wildman–Crippen LogP) is 3.65. The van der Waals surface area contributed by atoms with Crippen molar-refractivity contribution >= 4 is 35.6 Å². The van der Waals surface area contributed by atoms with Crippen molar-refractivity contribution in [3.8, 4) is 0 Å². The van der Waals surface area contributed by atoms with Crippen LogP contribution in [0, 0.1) is 6.92 Å². The van der Waals surface area contributed by atoms with Gasteiger partial charge < -0.3 is 20.1 Å². The standard InChI is InChI=1S/C24H31N7.HI/c1-19-28-29-23(30(19)2)18-26-24(25-17-20-9-5-3-6-10-20)27-21-13-15-31(16-14-21)22-11-7-4-8-12-22;/h3-12,21H,13-18H2,1-2H3,(H2,25,26,27);1H.